The zero-order valence-corrected chi connectivity index (χ0v) is 15.2. The number of nitrogens with one attached hydrogen (secondary N) is 1. The van der Waals surface area contributed by atoms with Crippen molar-refractivity contribution >= 4 is 0 Å². The fraction of sp³-hybridized carbons (Fsp3) is 0.421. The zero-order valence-electron chi connectivity index (χ0n) is 15.2. The number of nitrogens with zero attached hydrogens (tertiary/aromatic N) is 1. The highest BCUT2D eigenvalue weighted by atomic mass is 16.5. The number of aliphatic hydroxyl groups excluding tert-OH is 2. The molecule has 0 radical (unpaired) electrons. The van der Waals surface area contributed by atoms with Crippen molar-refractivity contribution in [3.05, 3.63) is 53.3 Å². The fourth-order valence-electron chi connectivity index (χ4n) is 2.30. The molecule has 4 N–H and O–H groups in total. The molecule has 1 aromatic carbocycles. The van der Waals surface area contributed by atoms with Gasteiger partial charge in [-0.25, -0.2) is 0 Å². The third kappa shape index (κ3) is 6.27. The van der Waals surface area contributed by atoms with Gasteiger partial charge in [0.2, 0.25) is 0 Å². The van der Waals surface area contributed by atoms with Gasteiger partial charge in [-0.1, -0.05) is 12.1 Å². The van der Waals surface area contributed by atoms with E-state index in [-0.39, 0.29) is 24.9 Å². The first kappa shape index (κ1) is 20.1. The molecule has 2 aromatic rings. The highest BCUT2D eigenvalue weighted by Gasteiger charge is 2.12. The predicted molar refractivity (Wildman–Crippen MR) is 96.9 cm³/mol. The maximum Gasteiger partial charge on any atom is 0.180 e. The minimum absolute atomic E-state index is 0.0393. The molecule has 0 amide bonds. The molecule has 0 fully saturated rings. The molecule has 0 aliphatic rings. The molecule has 7 heteroatoms. The Morgan fingerprint density at radius 3 is 2.62 bits per heavy atom. The average molecular weight is 362 g/mol. The maximum atomic E-state index is 10.1. The molecule has 2 atom stereocenters. The van der Waals surface area contributed by atoms with Crippen LogP contribution in [0.5, 0.6) is 11.5 Å². The summed E-state index contributed by atoms with van der Waals surface area (Å²) in [4.78, 5) is 4.04. The minimum Gasteiger partial charge on any atom is -0.489 e. The van der Waals surface area contributed by atoms with E-state index >= 15 is 0 Å². The van der Waals surface area contributed by atoms with E-state index in [2.05, 4.69) is 10.3 Å². The predicted octanol–water partition coefficient (Wildman–Crippen LogP) is 1.44. The lowest BCUT2D eigenvalue weighted by Gasteiger charge is -2.19. The van der Waals surface area contributed by atoms with Crippen LogP contribution in [0.3, 0.4) is 0 Å². The Morgan fingerprint density at radius 1 is 1.15 bits per heavy atom. The van der Waals surface area contributed by atoms with E-state index in [9.17, 15) is 15.3 Å². The normalized spacial score (nSPS) is 13.5. The zero-order chi connectivity index (χ0) is 19.1. The van der Waals surface area contributed by atoms with E-state index in [4.69, 9.17) is 9.47 Å². The molecule has 0 aliphatic heterocycles. The number of hydrogen-bond acceptors (Lipinski definition) is 7. The van der Waals surface area contributed by atoms with Crippen molar-refractivity contribution in [2.45, 2.75) is 39.4 Å². The number of aryl methyl sites for hydroxylation is 2. The summed E-state index contributed by atoms with van der Waals surface area (Å²) < 4.78 is 11.3. The summed E-state index contributed by atoms with van der Waals surface area (Å²) in [7, 11) is 0. The lowest BCUT2D eigenvalue weighted by atomic mass is 10.2. The van der Waals surface area contributed by atoms with Gasteiger partial charge in [0.05, 0.1) is 5.69 Å². The van der Waals surface area contributed by atoms with Crippen LogP contribution in [-0.2, 0) is 0 Å². The van der Waals surface area contributed by atoms with Gasteiger partial charge in [0.25, 0.3) is 0 Å². The highest BCUT2D eigenvalue weighted by Crippen LogP contribution is 2.20. The summed E-state index contributed by atoms with van der Waals surface area (Å²) in [5.41, 5.74) is 1.95. The van der Waals surface area contributed by atoms with Crippen LogP contribution in [0, 0.1) is 13.8 Å². The monoisotopic (exact) mass is 362 g/mol. The molecule has 7 nitrogen and oxygen atoms in total. The number of hydrogen-bond donors (Lipinski definition) is 4. The third-order valence-electron chi connectivity index (χ3n) is 3.73. The first-order valence-corrected chi connectivity index (χ1v) is 8.45. The third-order valence-corrected chi connectivity index (χ3v) is 3.73. The van der Waals surface area contributed by atoms with E-state index in [1.54, 1.807) is 6.92 Å². The molecule has 0 aliphatic carbocycles. The average Bonchev–Trinajstić information content (AvgIpc) is 2.59. The molecule has 1 aromatic heterocycles. The number of pyridine rings is 1. The van der Waals surface area contributed by atoms with Crippen molar-refractivity contribution < 1.29 is 24.8 Å². The van der Waals surface area contributed by atoms with Crippen molar-refractivity contribution in [1.82, 2.24) is 10.3 Å². The van der Waals surface area contributed by atoms with Gasteiger partial charge in [0.1, 0.15) is 30.4 Å². The van der Waals surface area contributed by atoms with Gasteiger partial charge in [-0.05, 0) is 44.5 Å². The Hall–Kier alpha value is -2.19. The van der Waals surface area contributed by atoms with Crippen LogP contribution in [0.25, 0.3) is 0 Å². The van der Waals surface area contributed by atoms with Gasteiger partial charge in [-0.15, -0.1) is 0 Å². The molecule has 142 valence electrons. The lowest BCUT2D eigenvalue weighted by Crippen LogP contribution is -2.39. The summed E-state index contributed by atoms with van der Waals surface area (Å²) in [6.45, 7) is 5.91. The van der Waals surface area contributed by atoms with Gasteiger partial charge in [-0.3, -0.25) is 10.3 Å². The van der Waals surface area contributed by atoms with Crippen molar-refractivity contribution in [3.8, 4) is 11.5 Å². The number of aromatic nitrogens is 1. The van der Waals surface area contributed by atoms with Crippen LogP contribution >= 0.6 is 0 Å². The number of aliphatic hydroxyl groups is 3. The molecule has 26 heavy (non-hydrogen) atoms. The Balaban J connectivity index is 1.78. The van der Waals surface area contributed by atoms with Gasteiger partial charge in [0, 0.05) is 18.3 Å². The standard InChI is InChI=1S/C19H26N2O5/c1-12-5-4-6-17(7-12)26-14(3)21-10-16(22)11-25-18-8-15(19(23)24)9-20-13(18)2/h4-9,14,16,19,21-24H,10-11H2,1-3H3. The second-order valence-electron chi connectivity index (χ2n) is 6.18. The number of ether oxygens (including phenoxy) is 2. The SMILES string of the molecule is Cc1cccc(OC(C)NCC(O)COc2cc(C(O)O)cnc2C)c1. The highest BCUT2D eigenvalue weighted by molar-refractivity contribution is 5.31. The van der Waals surface area contributed by atoms with Gasteiger partial charge in [0.15, 0.2) is 6.29 Å². The molecular formula is C19H26N2O5. The number of benzene rings is 1. The summed E-state index contributed by atoms with van der Waals surface area (Å²) in [5.74, 6) is 1.16. The van der Waals surface area contributed by atoms with Crippen molar-refractivity contribution in [2.75, 3.05) is 13.2 Å². The van der Waals surface area contributed by atoms with Crippen LogP contribution in [0.2, 0.25) is 0 Å². The first-order valence-electron chi connectivity index (χ1n) is 8.45. The van der Waals surface area contributed by atoms with Gasteiger partial charge < -0.3 is 24.8 Å². The summed E-state index contributed by atoms with van der Waals surface area (Å²) in [5, 5.41) is 31.5. The summed E-state index contributed by atoms with van der Waals surface area (Å²) in [6, 6.07) is 9.23. The van der Waals surface area contributed by atoms with Crippen LogP contribution in [0.4, 0.5) is 0 Å². The lowest BCUT2D eigenvalue weighted by molar-refractivity contribution is -0.0429. The summed E-state index contributed by atoms with van der Waals surface area (Å²) >= 11 is 0. The Kier molecular flexibility index (Phi) is 7.35. The molecule has 2 rings (SSSR count). The quantitative estimate of drug-likeness (QED) is 0.500. The van der Waals surface area contributed by atoms with Crippen molar-refractivity contribution in [2.24, 2.45) is 0 Å². The molecule has 0 spiro atoms. The van der Waals surface area contributed by atoms with E-state index in [0.29, 0.717) is 11.4 Å². The molecular weight excluding hydrogens is 336 g/mol. The van der Waals surface area contributed by atoms with Crippen LogP contribution in [-0.4, -0.2) is 45.8 Å². The van der Waals surface area contributed by atoms with E-state index in [1.807, 2.05) is 38.1 Å². The molecule has 0 saturated carbocycles. The van der Waals surface area contributed by atoms with Crippen molar-refractivity contribution in [1.29, 1.82) is 0 Å². The first-order chi connectivity index (χ1) is 12.3. The summed E-state index contributed by atoms with van der Waals surface area (Å²) in [6.07, 6.45) is -1.28. The second kappa shape index (κ2) is 9.49. The molecule has 0 bridgehead atoms. The minimum atomic E-state index is -1.61. The molecule has 1 heterocycles. The second-order valence-corrected chi connectivity index (χ2v) is 6.18. The largest absolute Gasteiger partial charge is 0.489 e. The Bertz CT molecular complexity index is 708. The fourth-order valence-corrected chi connectivity index (χ4v) is 2.30. The number of rotatable bonds is 9. The van der Waals surface area contributed by atoms with Crippen LogP contribution < -0.4 is 14.8 Å². The molecule has 0 saturated heterocycles. The van der Waals surface area contributed by atoms with E-state index in [0.717, 1.165) is 11.3 Å². The Labute approximate surface area is 153 Å². The maximum absolute atomic E-state index is 10.1. The van der Waals surface area contributed by atoms with Gasteiger partial charge in [-0.2, -0.15) is 0 Å². The van der Waals surface area contributed by atoms with Crippen LogP contribution in [0.15, 0.2) is 36.5 Å². The topological polar surface area (TPSA) is 104 Å². The van der Waals surface area contributed by atoms with Crippen LogP contribution in [0.1, 0.15) is 30.0 Å². The molecule has 2 unspecified atom stereocenters. The van der Waals surface area contributed by atoms with E-state index < -0.39 is 12.4 Å². The Morgan fingerprint density at radius 2 is 1.92 bits per heavy atom. The smallest absolute Gasteiger partial charge is 0.180 e. The van der Waals surface area contributed by atoms with Crippen molar-refractivity contribution in [3.63, 3.8) is 0 Å². The van der Waals surface area contributed by atoms with E-state index in [1.165, 1.54) is 12.3 Å². The van der Waals surface area contributed by atoms with Gasteiger partial charge >= 0.3 is 0 Å².